The second-order valence-corrected chi connectivity index (χ2v) is 7.76. The van der Waals surface area contributed by atoms with Crippen LogP contribution in [-0.2, 0) is 5.41 Å². The fourth-order valence-electron chi connectivity index (χ4n) is 2.86. The first-order valence-electron chi connectivity index (χ1n) is 9.35. The summed E-state index contributed by atoms with van der Waals surface area (Å²) in [4.78, 5) is 0. The molecule has 0 spiro atoms. The lowest BCUT2D eigenvalue weighted by atomic mass is 9.86. The fraction of sp³-hybridized carbons (Fsp3) is 0.455. The van der Waals surface area contributed by atoms with Gasteiger partial charge in [0.1, 0.15) is 43.4 Å². The highest BCUT2D eigenvalue weighted by molar-refractivity contribution is 5.44. The van der Waals surface area contributed by atoms with Crippen LogP contribution in [0.2, 0.25) is 0 Å². The fourth-order valence-corrected chi connectivity index (χ4v) is 2.86. The van der Waals surface area contributed by atoms with Gasteiger partial charge < -0.3 is 25.0 Å². The minimum absolute atomic E-state index is 0.0965. The van der Waals surface area contributed by atoms with E-state index in [1.807, 2.05) is 53.8 Å². The number of aliphatic hydroxyl groups excluding tert-OH is 2. The third-order valence-corrected chi connectivity index (χ3v) is 4.44. The van der Waals surface area contributed by atoms with Crippen LogP contribution in [0, 0.1) is 0 Å². The van der Waals surface area contributed by atoms with Gasteiger partial charge in [0.15, 0.2) is 0 Å². The van der Waals surface area contributed by atoms with Crippen LogP contribution in [0.1, 0.15) is 38.0 Å². The van der Waals surface area contributed by atoms with E-state index in [2.05, 4.69) is 20.8 Å². The molecule has 0 aromatic heterocycles. The van der Waals surface area contributed by atoms with Crippen molar-refractivity contribution in [3.8, 4) is 11.5 Å². The molecule has 2 aromatic rings. The summed E-state index contributed by atoms with van der Waals surface area (Å²) in [6.45, 7) is 7.51. The summed E-state index contributed by atoms with van der Waals surface area (Å²) >= 11 is 0. The van der Waals surface area contributed by atoms with E-state index in [9.17, 15) is 10.2 Å². The molecule has 2 aromatic carbocycles. The Bertz CT molecular complexity index is 697. The summed E-state index contributed by atoms with van der Waals surface area (Å²) in [5, 5.41) is 22.3. The summed E-state index contributed by atoms with van der Waals surface area (Å²) in [6.07, 6.45) is -1.17. The molecule has 5 nitrogen and oxygen atoms in total. The minimum atomic E-state index is -0.622. The normalized spacial score (nSPS) is 13.9. The van der Waals surface area contributed by atoms with Gasteiger partial charge >= 0.3 is 0 Å². The Kier molecular flexibility index (Phi) is 7.66. The maximum atomic E-state index is 10.2. The zero-order chi connectivity index (χ0) is 19.9. The van der Waals surface area contributed by atoms with E-state index in [1.54, 1.807) is 7.11 Å². The summed E-state index contributed by atoms with van der Waals surface area (Å²) < 4.78 is 11.2. The SMILES string of the molecule is COc1ccc(OC[C@H](O)C[NH2+]C[C@@H](O)c2ccccc2)c(C(C)(C)C)c1. The van der Waals surface area contributed by atoms with Crippen molar-refractivity contribution in [2.75, 3.05) is 26.8 Å². The Hall–Kier alpha value is -2.08. The Morgan fingerprint density at radius 1 is 1.00 bits per heavy atom. The quantitative estimate of drug-likeness (QED) is 0.628. The molecule has 0 aliphatic carbocycles. The molecule has 2 rings (SSSR count). The molecule has 148 valence electrons. The lowest BCUT2D eigenvalue weighted by Crippen LogP contribution is -2.87. The summed E-state index contributed by atoms with van der Waals surface area (Å²) in [7, 11) is 1.64. The van der Waals surface area contributed by atoms with E-state index in [1.165, 1.54) is 0 Å². The maximum absolute atomic E-state index is 10.2. The van der Waals surface area contributed by atoms with Crippen LogP contribution < -0.4 is 14.8 Å². The van der Waals surface area contributed by atoms with Crippen LogP contribution in [0.4, 0.5) is 0 Å². The molecule has 27 heavy (non-hydrogen) atoms. The minimum Gasteiger partial charge on any atom is -0.497 e. The number of benzene rings is 2. The molecule has 0 unspecified atom stereocenters. The number of hydrogen-bond acceptors (Lipinski definition) is 4. The molecule has 0 bridgehead atoms. The molecule has 0 saturated heterocycles. The molecule has 0 fully saturated rings. The van der Waals surface area contributed by atoms with Crippen molar-refractivity contribution in [3.05, 3.63) is 59.7 Å². The van der Waals surface area contributed by atoms with E-state index in [0.717, 1.165) is 22.6 Å². The van der Waals surface area contributed by atoms with Crippen LogP contribution in [0.25, 0.3) is 0 Å². The van der Waals surface area contributed by atoms with Gasteiger partial charge in [-0.15, -0.1) is 0 Å². The molecule has 0 aliphatic heterocycles. The predicted molar refractivity (Wildman–Crippen MR) is 106 cm³/mol. The highest BCUT2D eigenvalue weighted by atomic mass is 16.5. The standard InChI is InChI=1S/C22H31NO4/c1-22(2,3)19-12-18(26-4)10-11-21(19)27-15-17(24)13-23-14-20(25)16-8-6-5-7-9-16/h5-12,17,20,23-25H,13-15H2,1-4H3/p+1/t17-,20-/m1/s1. The van der Waals surface area contributed by atoms with Crippen LogP contribution in [0.5, 0.6) is 11.5 Å². The van der Waals surface area contributed by atoms with E-state index in [0.29, 0.717) is 13.1 Å². The Morgan fingerprint density at radius 3 is 2.33 bits per heavy atom. The number of nitrogens with two attached hydrogens (primary N) is 1. The van der Waals surface area contributed by atoms with Gasteiger partial charge in [-0.05, 0) is 29.2 Å². The van der Waals surface area contributed by atoms with Crippen molar-refractivity contribution in [2.24, 2.45) is 0 Å². The van der Waals surface area contributed by atoms with Gasteiger partial charge in [0.05, 0.1) is 7.11 Å². The van der Waals surface area contributed by atoms with Gasteiger partial charge in [-0.3, -0.25) is 0 Å². The number of hydrogen-bond donors (Lipinski definition) is 3. The summed E-state index contributed by atoms with van der Waals surface area (Å²) in [5.41, 5.74) is 1.82. The second kappa shape index (κ2) is 9.74. The topological polar surface area (TPSA) is 75.5 Å². The van der Waals surface area contributed by atoms with Crippen molar-refractivity contribution in [1.29, 1.82) is 0 Å². The lowest BCUT2D eigenvalue weighted by Gasteiger charge is -2.24. The largest absolute Gasteiger partial charge is 0.497 e. The molecule has 5 heteroatoms. The lowest BCUT2D eigenvalue weighted by molar-refractivity contribution is -0.668. The highest BCUT2D eigenvalue weighted by Gasteiger charge is 2.21. The number of aliphatic hydroxyl groups is 2. The Balaban J connectivity index is 1.84. The van der Waals surface area contributed by atoms with Gasteiger partial charge in [0.25, 0.3) is 0 Å². The van der Waals surface area contributed by atoms with E-state index in [-0.39, 0.29) is 12.0 Å². The maximum Gasteiger partial charge on any atom is 0.137 e. The first-order chi connectivity index (χ1) is 12.8. The van der Waals surface area contributed by atoms with Crippen LogP contribution in [0.15, 0.2) is 48.5 Å². The van der Waals surface area contributed by atoms with Crippen LogP contribution in [-0.4, -0.2) is 43.1 Å². The number of quaternary nitrogens is 1. The van der Waals surface area contributed by atoms with Gasteiger partial charge in [-0.25, -0.2) is 0 Å². The molecule has 0 heterocycles. The summed E-state index contributed by atoms with van der Waals surface area (Å²) in [6, 6.07) is 15.3. The third-order valence-electron chi connectivity index (χ3n) is 4.44. The first kappa shape index (κ1) is 21.2. The Morgan fingerprint density at radius 2 is 1.70 bits per heavy atom. The molecular formula is C22H32NO4+. The van der Waals surface area contributed by atoms with Gasteiger partial charge in [-0.1, -0.05) is 51.1 Å². The zero-order valence-electron chi connectivity index (χ0n) is 16.7. The number of ether oxygens (including phenoxy) is 2. The second-order valence-electron chi connectivity index (χ2n) is 7.76. The van der Waals surface area contributed by atoms with Crippen molar-refractivity contribution < 1.29 is 25.0 Å². The monoisotopic (exact) mass is 374 g/mol. The molecule has 2 atom stereocenters. The van der Waals surface area contributed by atoms with Crippen LogP contribution in [0.3, 0.4) is 0 Å². The molecule has 0 radical (unpaired) electrons. The molecule has 0 aliphatic rings. The average Bonchev–Trinajstić information content (AvgIpc) is 2.66. The third kappa shape index (κ3) is 6.54. The molecule has 0 saturated carbocycles. The van der Waals surface area contributed by atoms with Crippen molar-refractivity contribution in [3.63, 3.8) is 0 Å². The van der Waals surface area contributed by atoms with Crippen molar-refractivity contribution in [2.45, 2.75) is 38.4 Å². The van der Waals surface area contributed by atoms with Gasteiger partial charge in [0, 0.05) is 5.56 Å². The van der Waals surface area contributed by atoms with Crippen molar-refractivity contribution >= 4 is 0 Å². The highest BCUT2D eigenvalue weighted by Crippen LogP contribution is 2.34. The Labute approximate surface area is 162 Å². The zero-order valence-corrected chi connectivity index (χ0v) is 16.7. The summed E-state index contributed by atoms with van der Waals surface area (Å²) in [5.74, 6) is 1.54. The van der Waals surface area contributed by atoms with E-state index >= 15 is 0 Å². The molecular weight excluding hydrogens is 342 g/mol. The average molecular weight is 375 g/mol. The van der Waals surface area contributed by atoms with Crippen molar-refractivity contribution in [1.82, 2.24) is 0 Å². The van der Waals surface area contributed by atoms with Crippen LogP contribution >= 0.6 is 0 Å². The number of methoxy groups -OCH3 is 1. The predicted octanol–water partition coefficient (Wildman–Crippen LogP) is 2.03. The molecule has 4 N–H and O–H groups in total. The number of rotatable bonds is 9. The van der Waals surface area contributed by atoms with Gasteiger partial charge in [0.2, 0.25) is 0 Å². The van der Waals surface area contributed by atoms with Gasteiger partial charge in [-0.2, -0.15) is 0 Å². The molecule has 0 amide bonds. The smallest absolute Gasteiger partial charge is 0.137 e. The van der Waals surface area contributed by atoms with E-state index < -0.39 is 12.2 Å². The van der Waals surface area contributed by atoms with E-state index in [4.69, 9.17) is 9.47 Å². The first-order valence-corrected chi connectivity index (χ1v) is 9.35.